The van der Waals surface area contributed by atoms with Gasteiger partial charge in [0.05, 0.1) is 13.0 Å². The minimum absolute atomic E-state index is 0.214. The molecule has 0 aliphatic carbocycles. The largest absolute Gasteiger partial charge is 0.480 e. The van der Waals surface area contributed by atoms with Crippen molar-refractivity contribution in [3.05, 3.63) is 35.4 Å². The van der Waals surface area contributed by atoms with Crippen LogP contribution in [0.3, 0.4) is 0 Å². The molecular weight excluding hydrogens is 296 g/mol. The van der Waals surface area contributed by atoms with Gasteiger partial charge in [0.25, 0.3) is 0 Å². The van der Waals surface area contributed by atoms with Crippen LogP contribution < -0.4 is 5.32 Å². The Morgan fingerprint density at radius 1 is 1.36 bits per heavy atom. The topological polar surface area (TPSA) is 75.6 Å². The Morgan fingerprint density at radius 2 is 2.14 bits per heavy atom. The molecule has 0 aromatic heterocycles. The predicted molar refractivity (Wildman–Crippen MR) is 73.2 cm³/mol. The number of benzene rings is 1. The molecule has 1 amide bonds. The molecule has 120 valence electrons. The second kappa shape index (κ2) is 7.31. The average Bonchev–Trinajstić information content (AvgIpc) is 2.49. The number of carbonyl (C=O) groups excluding carboxylic acids is 1. The number of amides is 1. The summed E-state index contributed by atoms with van der Waals surface area (Å²) in [5, 5.41) is 11.7. The van der Waals surface area contributed by atoms with Crippen molar-refractivity contribution >= 4 is 11.9 Å². The summed E-state index contributed by atoms with van der Waals surface area (Å²) in [6, 6.07) is 2.10. The summed E-state index contributed by atoms with van der Waals surface area (Å²) in [6.07, 6.45) is 1.18. The van der Waals surface area contributed by atoms with E-state index in [0.29, 0.717) is 13.0 Å². The smallest absolute Gasteiger partial charge is 0.326 e. The van der Waals surface area contributed by atoms with Crippen LogP contribution in [0.2, 0.25) is 0 Å². The molecule has 0 spiro atoms. The van der Waals surface area contributed by atoms with E-state index in [0.717, 1.165) is 18.6 Å². The normalized spacial score (nSPS) is 19.5. The van der Waals surface area contributed by atoms with E-state index in [-0.39, 0.29) is 24.5 Å². The fraction of sp³-hybridized carbons (Fsp3) is 0.467. The first-order chi connectivity index (χ1) is 10.5. The van der Waals surface area contributed by atoms with Crippen molar-refractivity contribution in [2.75, 3.05) is 13.2 Å². The zero-order chi connectivity index (χ0) is 16.1. The van der Waals surface area contributed by atoms with Gasteiger partial charge in [0.2, 0.25) is 5.91 Å². The quantitative estimate of drug-likeness (QED) is 0.864. The van der Waals surface area contributed by atoms with Crippen molar-refractivity contribution in [3.63, 3.8) is 0 Å². The number of rotatable bonds is 5. The maximum Gasteiger partial charge on any atom is 0.326 e. The summed E-state index contributed by atoms with van der Waals surface area (Å²) >= 11 is 0. The Balaban J connectivity index is 1.98. The lowest BCUT2D eigenvalue weighted by molar-refractivity contribution is -0.145. The van der Waals surface area contributed by atoms with Crippen LogP contribution in [0, 0.1) is 17.6 Å². The van der Waals surface area contributed by atoms with Crippen LogP contribution in [0.4, 0.5) is 8.78 Å². The van der Waals surface area contributed by atoms with Gasteiger partial charge in [0.1, 0.15) is 6.04 Å². The van der Waals surface area contributed by atoms with Crippen molar-refractivity contribution in [3.8, 4) is 0 Å². The molecule has 0 radical (unpaired) electrons. The number of halogens is 2. The molecule has 2 rings (SSSR count). The lowest BCUT2D eigenvalue weighted by Crippen LogP contribution is -2.48. The van der Waals surface area contributed by atoms with E-state index in [1.807, 2.05) is 0 Å². The third-order valence-corrected chi connectivity index (χ3v) is 3.60. The number of hydrogen-bond donors (Lipinski definition) is 2. The second-order valence-corrected chi connectivity index (χ2v) is 5.29. The average molecular weight is 313 g/mol. The van der Waals surface area contributed by atoms with Gasteiger partial charge < -0.3 is 15.2 Å². The van der Waals surface area contributed by atoms with Crippen molar-refractivity contribution in [2.24, 2.45) is 5.92 Å². The summed E-state index contributed by atoms with van der Waals surface area (Å²) in [6.45, 7) is 0.869. The Hall–Kier alpha value is -2.02. The lowest BCUT2D eigenvalue weighted by atomic mass is 9.93. The van der Waals surface area contributed by atoms with Gasteiger partial charge in [-0.05, 0) is 30.5 Å². The van der Waals surface area contributed by atoms with Gasteiger partial charge in [0, 0.05) is 12.5 Å². The van der Waals surface area contributed by atoms with Crippen molar-refractivity contribution < 1.29 is 28.2 Å². The molecule has 1 heterocycles. The van der Waals surface area contributed by atoms with Gasteiger partial charge >= 0.3 is 5.97 Å². The summed E-state index contributed by atoms with van der Waals surface area (Å²) in [7, 11) is 0. The molecule has 1 aliphatic rings. The van der Waals surface area contributed by atoms with E-state index in [4.69, 9.17) is 4.74 Å². The third-order valence-electron chi connectivity index (χ3n) is 3.60. The van der Waals surface area contributed by atoms with E-state index in [1.165, 1.54) is 6.07 Å². The fourth-order valence-electron chi connectivity index (χ4n) is 2.47. The molecule has 2 atom stereocenters. The second-order valence-electron chi connectivity index (χ2n) is 5.29. The number of nitrogens with one attached hydrogen (secondary N) is 1. The van der Waals surface area contributed by atoms with Crippen molar-refractivity contribution in [1.82, 2.24) is 5.32 Å². The maximum absolute atomic E-state index is 13.1. The van der Waals surface area contributed by atoms with E-state index in [9.17, 15) is 23.5 Å². The first-order valence-electron chi connectivity index (χ1n) is 7.01. The monoisotopic (exact) mass is 313 g/mol. The summed E-state index contributed by atoms with van der Waals surface area (Å²) in [5.74, 6) is -4.01. The van der Waals surface area contributed by atoms with Gasteiger partial charge in [-0.3, -0.25) is 4.79 Å². The van der Waals surface area contributed by atoms with Crippen LogP contribution in [0.1, 0.15) is 18.4 Å². The van der Waals surface area contributed by atoms with E-state index in [2.05, 4.69) is 5.32 Å². The third kappa shape index (κ3) is 4.24. The number of aliphatic carboxylic acids is 1. The van der Waals surface area contributed by atoms with Crippen molar-refractivity contribution in [2.45, 2.75) is 25.3 Å². The molecule has 5 nitrogen and oxygen atoms in total. The molecule has 1 aromatic carbocycles. The molecule has 1 saturated heterocycles. The molecule has 0 saturated carbocycles. The van der Waals surface area contributed by atoms with E-state index < -0.39 is 29.6 Å². The van der Waals surface area contributed by atoms with Crippen LogP contribution in [0.25, 0.3) is 0 Å². The van der Waals surface area contributed by atoms with Crippen LogP contribution in [-0.4, -0.2) is 36.2 Å². The predicted octanol–water partition coefficient (Wildman–Crippen LogP) is 1.50. The standard InChI is InChI=1S/C15H17F2NO4/c16-11-4-3-9(6-12(11)17)7-13(19)18-14(15(20)21)10-2-1-5-22-8-10/h3-4,6,10,14H,1-2,5,7-8H2,(H,18,19)(H,20,21). The minimum atomic E-state index is -1.13. The zero-order valence-corrected chi connectivity index (χ0v) is 11.9. The zero-order valence-electron chi connectivity index (χ0n) is 11.9. The first kappa shape index (κ1) is 16.4. The fourth-order valence-corrected chi connectivity index (χ4v) is 2.47. The van der Waals surface area contributed by atoms with Gasteiger partial charge in [-0.2, -0.15) is 0 Å². The Kier molecular flexibility index (Phi) is 5.43. The highest BCUT2D eigenvalue weighted by Gasteiger charge is 2.31. The number of carboxylic acids is 1. The van der Waals surface area contributed by atoms with Gasteiger partial charge in [-0.1, -0.05) is 6.07 Å². The Bertz CT molecular complexity index is 558. The Morgan fingerprint density at radius 3 is 2.73 bits per heavy atom. The van der Waals surface area contributed by atoms with Crippen LogP contribution in [-0.2, 0) is 20.7 Å². The van der Waals surface area contributed by atoms with Crippen LogP contribution >= 0.6 is 0 Å². The summed E-state index contributed by atoms with van der Waals surface area (Å²) in [4.78, 5) is 23.2. The lowest BCUT2D eigenvalue weighted by Gasteiger charge is -2.28. The van der Waals surface area contributed by atoms with E-state index in [1.54, 1.807) is 0 Å². The molecule has 2 N–H and O–H groups in total. The van der Waals surface area contributed by atoms with Gasteiger partial charge in [-0.25, -0.2) is 13.6 Å². The summed E-state index contributed by atoms with van der Waals surface area (Å²) < 4.78 is 31.2. The molecule has 22 heavy (non-hydrogen) atoms. The van der Waals surface area contributed by atoms with Gasteiger partial charge in [0.15, 0.2) is 11.6 Å². The van der Waals surface area contributed by atoms with Crippen LogP contribution in [0.15, 0.2) is 18.2 Å². The molecular formula is C15H17F2NO4. The molecule has 7 heteroatoms. The first-order valence-corrected chi connectivity index (χ1v) is 7.01. The van der Waals surface area contributed by atoms with Crippen molar-refractivity contribution in [1.29, 1.82) is 0 Å². The molecule has 2 unspecified atom stereocenters. The van der Waals surface area contributed by atoms with Gasteiger partial charge in [-0.15, -0.1) is 0 Å². The highest BCUT2D eigenvalue weighted by molar-refractivity contribution is 5.85. The van der Waals surface area contributed by atoms with E-state index >= 15 is 0 Å². The highest BCUT2D eigenvalue weighted by atomic mass is 19.2. The maximum atomic E-state index is 13.1. The molecule has 0 bridgehead atoms. The number of hydrogen-bond acceptors (Lipinski definition) is 3. The number of carbonyl (C=O) groups is 2. The highest BCUT2D eigenvalue weighted by Crippen LogP contribution is 2.18. The molecule has 1 aliphatic heterocycles. The molecule has 1 aromatic rings. The summed E-state index contributed by atoms with van der Waals surface area (Å²) in [5.41, 5.74) is 0.278. The minimum Gasteiger partial charge on any atom is -0.480 e. The Labute approximate surface area is 126 Å². The van der Waals surface area contributed by atoms with Crippen LogP contribution in [0.5, 0.6) is 0 Å². The number of ether oxygens (including phenoxy) is 1. The number of carboxylic acid groups (broad SMARTS) is 1. The molecule has 1 fully saturated rings. The SMILES string of the molecule is O=C(Cc1ccc(F)c(F)c1)NC(C(=O)O)C1CCCOC1.